The van der Waals surface area contributed by atoms with E-state index in [0.717, 1.165) is 18.6 Å². The highest BCUT2D eigenvalue weighted by molar-refractivity contribution is 4.79. The van der Waals surface area contributed by atoms with E-state index in [-0.39, 0.29) is 0 Å². The maximum atomic E-state index is 3.86. The van der Waals surface area contributed by atoms with Gasteiger partial charge in [0.05, 0.1) is 0 Å². The van der Waals surface area contributed by atoms with Crippen LogP contribution < -0.4 is 10.6 Å². The molecule has 0 amide bonds. The first-order chi connectivity index (χ1) is 9.22. The molecule has 0 unspecified atom stereocenters. The maximum absolute atomic E-state index is 3.86. The third-order valence-corrected chi connectivity index (χ3v) is 4.29. The summed E-state index contributed by atoms with van der Waals surface area (Å²) < 4.78 is 0. The van der Waals surface area contributed by atoms with Crippen LogP contribution in [-0.4, -0.2) is 24.7 Å². The van der Waals surface area contributed by atoms with Crippen molar-refractivity contribution in [2.24, 2.45) is 0 Å². The fourth-order valence-electron chi connectivity index (χ4n) is 3.28. The smallest absolute Gasteiger partial charge is 0.00696 e. The first-order valence-corrected chi connectivity index (χ1v) is 8.71. The summed E-state index contributed by atoms with van der Waals surface area (Å²) in [4.78, 5) is 0. The highest BCUT2D eigenvalue weighted by atomic mass is 14.9. The van der Waals surface area contributed by atoms with Crippen LogP contribution in [0.3, 0.4) is 0 Å². The van der Waals surface area contributed by atoms with Gasteiger partial charge in [-0.1, -0.05) is 59.3 Å². The molecule has 114 valence electrons. The molecule has 0 aromatic rings. The molecular weight excluding hydrogens is 232 g/mol. The van der Waals surface area contributed by atoms with Crippen LogP contribution in [0.5, 0.6) is 0 Å². The van der Waals surface area contributed by atoms with Crippen LogP contribution in [0.25, 0.3) is 0 Å². The van der Waals surface area contributed by atoms with Gasteiger partial charge < -0.3 is 10.6 Å². The average molecular weight is 268 g/mol. The molecule has 2 aliphatic carbocycles. The lowest BCUT2D eigenvalue weighted by Gasteiger charge is -2.30. The van der Waals surface area contributed by atoms with Crippen molar-refractivity contribution in [3.63, 3.8) is 0 Å². The Morgan fingerprint density at radius 1 is 0.789 bits per heavy atom. The number of hydrogen-bond donors (Lipinski definition) is 2. The molecule has 0 aliphatic heterocycles. The van der Waals surface area contributed by atoms with Gasteiger partial charge in [0, 0.05) is 18.1 Å². The number of rotatable bonds is 4. The van der Waals surface area contributed by atoms with Crippen LogP contribution in [0.2, 0.25) is 0 Å². The normalized spacial score (nSPS) is 22.1. The molecule has 2 aliphatic rings. The Kier molecular flexibility index (Phi) is 9.54. The van der Waals surface area contributed by atoms with E-state index in [1.54, 1.807) is 0 Å². The van der Waals surface area contributed by atoms with Gasteiger partial charge in [0.25, 0.3) is 0 Å². The van der Waals surface area contributed by atoms with Crippen molar-refractivity contribution >= 4 is 0 Å². The average Bonchev–Trinajstić information content (AvgIpc) is 2.41. The molecule has 2 fully saturated rings. The molecule has 0 saturated heterocycles. The molecule has 19 heavy (non-hydrogen) atoms. The van der Waals surface area contributed by atoms with Crippen molar-refractivity contribution in [2.45, 2.75) is 103 Å². The Hall–Kier alpha value is -0.0800. The van der Waals surface area contributed by atoms with Crippen molar-refractivity contribution in [2.75, 3.05) is 6.54 Å². The minimum Gasteiger partial charge on any atom is -0.315 e. The summed E-state index contributed by atoms with van der Waals surface area (Å²) in [5.74, 6) is 0. The summed E-state index contributed by atoms with van der Waals surface area (Å²) in [5, 5.41) is 7.07. The lowest BCUT2D eigenvalue weighted by molar-refractivity contribution is 0.291. The second-order valence-corrected chi connectivity index (χ2v) is 6.55. The van der Waals surface area contributed by atoms with E-state index < -0.39 is 0 Å². The van der Waals surface area contributed by atoms with E-state index in [9.17, 15) is 0 Å². The Labute approximate surface area is 121 Å². The molecule has 2 heteroatoms. The van der Waals surface area contributed by atoms with Gasteiger partial charge in [0.2, 0.25) is 0 Å². The zero-order valence-corrected chi connectivity index (χ0v) is 13.5. The van der Waals surface area contributed by atoms with Gasteiger partial charge >= 0.3 is 0 Å². The molecule has 0 spiro atoms. The summed E-state index contributed by atoms with van der Waals surface area (Å²) in [7, 11) is 0. The van der Waals surface area contributed by atoms with Crippen LogP contribution in [0.4, 0.5) is 0 Å². The Bertz CT molecular complexity index is 175. The molecule has 2 N–H and O–H groups in total. The summed E-state index contributed by atoms with van der Waals surface area (Å²) in [6.07, 6.45) is 14.6. The molecule has 2 saturated carbocycles. The van der Waals surface area contributed by atoms with Crippen LogP contribution >= 0.6 is 0 Å². The fraction of sp³-hybridized carbons (Fsp3) is 1.00. The first-order valence-electron chi connectivity index (χ1n) is 8.71. The van der Waals surface area contributed by atoms with Crippen LogP contribution in [-0.2, 0) is 0 Å². The van der Waals surface area contributed by atoms with Gasteiger partial charge in [-0.05, 0) is 32.2 Å². The van der Waals surface area contributed by atoms with Crippen molar-refractivity contribution in [3.8, 4) is 0 Å². The molecule has 0 aromatic heterocycles. The second kappa shape index (κ2) is 10.7. The monoisotopic (exact) mass is 268 g/mol. The fourth-order valence-corrected chi connectivity index (χ4v) is 3.28. The van der Waals surface area contributed by atoms with Crippen molar-refractivity contribution in [1.29, 1.82) is 0 Å². The van der Waals surface area contributed by atoms with Crippen LogP contribution in [0.1, 0.15) is 85.0 Å². The topological polar surface area (TPSA) is 24.1 Å². The van der Waals surface area contributed by atoms with Crippen LogP contribution in [0.15, 0.2) is 0 Å². The number of nitrogens with one attached hydrogen (secondary N) is 2. The third kappa shape index (κ3) is 8.65. The van der Waals surface area contributed by atoms with Gasteiger partial charge in [0.15, 0.2) is 0 Å². The zero-order valence-electron chi connectivity index (χ0n) is 13.5. The summed E-state index contributed by atoms with van der Waals surface area (Å²) in [6, 6.07) is 2.39. The first kappa shape index (κ1) is 17.0. The highest BCUT2D eigenvalue weighted by Crippen LogP contribution is 2.22. The Balaban J connectivity index is 0.000000258. The third-order valence-electron chi connectivity index (χ3n) is 4.29. The lowest BCUT2D eigenvalue weighted by Crippen LogP contribution is -2.40. The SMILES string of the molecule is C1CCC(NC2CCCCC2)CC1.CCNC(C)C. The van der Waals surface area contributed by atoms with E-state index in [1.807, 2.05) is 0 Å². The molecular formula is C17H36N2. The largest absolute Gasteiger partial charge is 0.315 e. The van der Waals surface area contributed by atoms with Crippen molar-refractivity contribution in [1.82, 2.24) is 10.6 Å². The summed E-state index contributed by atoms with van der Waals surface area (Å²) in [6.45, 7) is 7.48. The number of hydrogen-bond acceptors (Lipinski definition) is 2. The Morgan fingerprint density at radius 2 is 1.21 bits per heavy atom. The van der Waals surface area contributed by atoms with E-state index >= 15 is 0 Å². The molecule has 0 radical (unpaired) electrons. The van der Waals surface area contributed by atoms with Gasteiger partial charge in [-0.2, -0.15) is 0 Å². The van der Waals surface area contributed by atoms with Crippen LogP contribution in [0, 0.1) is 0 Å². The molecule has 0 heterocycles. The summed E-state index contributed by atoms with van der Waals surface area (Å²) in [5.41, 5.74) is 0. The predicted octanol–water partition coefficient (Wildman–Crippen LogP) is 4.25. The standard InChI is InChI=1S/C12H23N.C5H13N/c1-3-7-11(8-4-1)13-12-9-5-2-6-10-12;1-4-6-5(2)3/h11-13H,1-10H2;5-6H,4H2,1-3H3. The van der Waals surface area contributed by atoms with Gasteiger partial charge in [-0.25, -0.2) is 0 Å². The van der Waals surface area contributed by atoms with E-state index in [1.165, 1.54) is 64.2 Å². The van der Waals surface area contributed by atoms with Crippen molar-refractivity contribution < 1.29 is 0 Å². The molecule has 0 bridgehead atoms. The minimum absolute atomic E-state index is 0.648. The maximum Gasteiger partial charge on any atom is 0.00696 e. The Morgan fingerprint density at radius 3 is 1.47 bits per heavy atom. The van der Waals surface area contributed by atoms with Gasteiger partial charge in [0.1, 0.15) is 0 Å². The molecule has 0 aromatic carbocycles. The van der Waals surface area contributed by atoms with E-state index in [2.05, 4.69) is 31.4 Å². The van der Waals surface area contributed by atoms with Gasteiger partial charge in [-0.3, -0.25) is 0 Å². The quantitative estimate of drug-likeness (QED) is 0.796. The van der Waals surface area contributed by atoms with Gasteiger partial charge in [-0.15, -0.1) is 0 Å². The highest BCUT2D eigenvalue weighted by Gasteiger charge is 2.19. The summed E-state index contributed by atoms with van der Waals surface area (Å²) >= 11 is 0. The molecule has 2 rings (SSSR count). The van der Waals surface area contributed by atoms with E-state index in [0.29, 0.717) is 6.04 Å². The van der Waals surface area contributed by atoms with Crippen molar-refractivity contribution in [3.05, 3.63) is 0 Å². The predicted molar refractivity (Wildman–Crippen MR) is 85.7 cm³/mol. The minimum atomic E-state index is 0.648. The second-order valence-electron chi connectivity index (χ2n) is 6.55. The lowest BCUT2D eigenvalue weighted by atomic mass is 9.91. The van der Waals surface area contributed by atoms with E-state index in [4.69, 9.17) is 0 Å². The molecule has 0 atom stereocenters. The molecule has 2 nitrogen and oxygen atoms in total. The zero-order chi connectivity index (χ0) is 13.9.